The molecule has 0 radical (unpaired) electrons. The van der Waals surface area contributed by atoms with Crippen molar-refractivity contribution in [3.63, 3.8) is 0 Å². The molecule has 2 rings (SSSR count). The highest BCUT2D eigenvalue weighted by Crippen LogP contribution is 2.27. The summed E-state index contributed by atoms with van der Waals surface area (Å²) in [7, 11) is -3.65. The van der Waals surface area contributed by atoms with Crippen molar-refractivity contribution in [2.45, 2.75) is 52.5 Å². The molecule has 22 heavy (non-hydrogen) atoms. The average molecular weight is 321 g/mol. The number of hydrogen-bond acceptors (Lipinski definition) is 3. The molecule has 0 fully saturated rings. The average Bonchev–Trinajstić information content (AvgIpc) is 2.75. The molecular formula is C16H23N3O2S. The maximum absolute atomic E-state index is 12.8. The molecule has 0 spiro atoms. The van der Waals surface area contributed by atoms with Crippen molar-refractivity contribution < 1.29 is 8.42 Å². The van der Waals surface area contributed by atoms with E-state index in [0.717, 1.165) is 17.5 Å². The Bertz CT molecular complexity index is 792. The van der Waals surface area contributed by atoms with Gasteiger partial charge in [-0.3, -0.25) is 9.40 Å². The van der Waals surface area contributed by atoms with E-state index >= 15 is 0 Å². The van der Waals surface area contributed by atoms with Crippen LogP contribution >= 0.6 is 0 Å². The third-order valence-corrected chi connectivity index (χ3v) is 5.46. The molecule has 0 amide bonds. The number of nitrogens with zero attached hydrogens (tertiary/aromatic N) is 2. The summed E-state index contributed by atoms with van der Waals surface area (Å²) in [5.74, 6) is 0. The van der Waals surface area contributed by atoms with Gasteiger partial charge in [0, 0.05) is 6.54 Å². The van der Waals surface area contributed by atoms with Crippen LogP contribution in [0.3, 0.4) is 0 Å². The zero-order chi connectivity index (χ0) is 16.5. The number of benzene rings is 1. The molecule has 1 aromatic heterocycles. The molecule has 1 N–H and O–H groups in total. The Morgan fingerprint density at radius 2 is 1.86 bits per heavy atom. The highest BCUT2D eigenvalue weighted by atomic mass is 32.2. The van der Waals surface area contributed by atoms with Crippen LogP contribution in [0.1, 0.15) is 36.4 Å². The highest BCUT2D eigenvalue weighted by Gasteiger charge is 2.25. The summed E-state index contributed by atoms with van der Waals surface area (Å²) >= 11 is 0. The zero-order valence-corrected chi connectivity index (χ0v) is 14.6. The van der Waals surface area contributed by atoms with Crippen molar-refractivity contribution in [1.29, 1.82) is 0 Å². The zero-order valence-electron chi connectivity index (χ0n) is 13.8. The molecule has 0 saturated carbocycles. The maximum Gasteiger partial charge on any atom is 0.265 e. The number of hydrogen-bond donors (Lipinski definition) is 1. The van der Waals surface area contributed by atoms with E-state index in [2.05, 4.69) is 9.82 Å². The van der Waals surface area contributed by atoms with Crippen LogP contribution in [0, 0.1) is 20.8 Å². The van der Waals surface area contributed by atoms with Crippen LogP contribution in [-0.2, 0) is 23.0 Å². The van der Waals surface area contributed by atoms with Crippen molar-refractivity contribution in [1.82, 2.24) is 9.78 Å². The summed E-state index contributed by atoms with van der Waals surface area (Å²) < 4.78 is 30.1. The van der Waals surface area contributed by atoms with Crippen molar-refractivity contribution in [3.05, 3.63) is 40.7 Å². The van der Waals surface area contributed by atoms with E-state index in [1.807, 2.05) is 39.0 Å². The maximum atomic E-state index is 12.8. The fourth-order valence-corrected chi connectivity index (χ4v) is 4.32. The van der Waals surface area contributed by atoms with Crippen LogP contribution in [0.5, 0.6) is 0 Å². The summed E-state index contributed by atoms with van der Waals surface area (Å²) in [5, 5.41) is 4.30. The Labute approximate surface area is 132 Å². The van der Waals surface area contributed by atoms with Gasteiger partial charge in [0.05, 0.1) is 17.1 Å². The highest BCUT2D eigenvalue weighted by molar-refractivity contribution is 7.92. The molecule has 0 saturated heterocycles. The van der Waals surface area contributed by atoms with E-state index in [1.165, 1.54) is 0 Å². The number of para-hydroxylation sites is 1. The lowest BCUT2D eigenvalue weighted by atomic mass is 10.1. The van der Waals surface area contributed by atoms with Gasteiger partial charge in [0.25, 0.3) is 10.0 Å². The van der Waals surface area contributed by atoms with Crippen molar-refractivity contribution in [2.75, 3.05) is 4.72 Å². The molecule has 0 atom stereocenters. The van der Waals surface area contributed by atoms with E-state index in [1.54, 1.807) is 18.5 Å². The van der Waals surface area contributed by atoms with E-state index < -0.39 is 10.0 Å². The Kier molecular flexibility index (Phi) is 4.60. The quantitative estimate of drug-likeness (QED) is 0.920. The first kappa shape index (κ1) is 16.5. The Morgan fingerprint density at radius 1 is 1.18 bits per heavy atom. The number of rotatable bonds is 5. The molecule has 0 aliphatic rings. The summed E-state index contributed by atoms with van der Waals surface area (Å²) in [6.07, 6.45) is 0.770. The molecule has 0 unspecified atom stereocenters. The minimum absolute atomic E-state index is 0.277. The first-order chi connectivity index (χ1) is 10.3. The van der Waals surface area contributed by atoms with Crippen molar-refractivity contribution in [3.8, 4) is 0 Å². The van der Waals surface area contributed by atoms with E-state index in [-0.39, 0.29) is 4.90 Å². The van der Waals surface area contributed by atoms with Gasteiger partial charge in [-0.2, -0.15) is 5.10 Å². The molecule has 5 nitrogen and oxygen atoms in total. The third-order valence-electron chi connectivity index (χ3n) is 3.86. The van der Waals surface area contributed by atoms with Gasteiger partial charge in [0.15, 0.2) is 0 Å². The second-order valence-corrected chi connectivity index (χ2v) is 7.00. The van der Waals surface area contributed by atoms with Crippen LogP contribution < -0.4 is 4.72 Å². The molecular weight excluding hydrogens is 298 g/mol. The molecule has 0 aliphatic heterocycles. The lowest BCUT2D eigenvalue weighted by molar-refractivity contribution is 0.598. The predicted molar refractivity (Wildman–Crippen MR) is 88.7 cm³/mol. The van der Waals surface area contributed by atoms with Crippen LogP contribution in [0.15, 0.2) is 23.1 Å². The summed E-state index contributed by atoms with van der Waals surface area (Å²) in [4.78, 5) is 0.277. The lowest BCUT2D eigenvalue weighted by Crippen LogP contribution is -2.17. The van der Waals surface area contributed by atoms with Gasteiger partial charge in [-0.05, 0) is 45.2 Å². The first-order valence-corrected chi connectivity index (χ1v) is 8.95. The van der Waals surface area contributed by atoms with Gasteiger partial charge >= 0.3 is 0 Å². The Hall–Kier alpha value is -1.82. The smallest absolute Gasteiger partial charge is 0.265 e. The van der Waals surface area contributed by atoms with Gasteiger partial charge in [0.1, 0.15) is 4.90 Å². The third kappa shape index (κ3) is 2.88. The van der Waals surface area contributed by atoms with Gasteiger partial charge < -0.3 is 0 Å². The molecule has 0 bridgehead atoms. The van der Waals surface area contributed by atoms with Gasteiger partial charge in [-0.25, -0.2) is 8.42 Å². The number of anilines is 1. The fourth-order valence-electron chi connectivity index (χ4n) is 2.73. The van der Waals surface area contributed by atoms with E-state index in [9.17, 15) is 8.42 Å². The standard InChI is InChI=1S/C16H23N3O2S/c1-6-14-10-8-9-11(3)15(14)18-22(20,21)16-12(4)17-19(7-2)13(16)5/h8-10,18H,6-7H2,1-5H3. The largest absolute Gasteiger partial charge is 0.279 e. The molecule has 0 aliphatic carbocycles. The SMILES string of the molecule is CCc1cccc(C)c1NS(=O)(=O)c1c(C)nn(CC)c1C. The summed E-state index contributed by atoms with van der Waals surface area (Å²) in [6.45, 7) is 10.0. The summed E-state index contributed by atoms with van der Waals surface area (Å²) in [6, 6.07) is 5.80. The monoisotopic (exact) mass is 321 g/mol. The van der Waals surface area contributed by atoms with Crippen molar-refractivity contribution in [2.24, 2.45) is 0 Å². The lowest BCUT2D eigenvalue weighted by Gasteiger charge is -2.14. The first-order valence-electron chi connectivity index (χ1n) is 7.47. The minimum atomic E-state index is -3.65. The van der Waals surface area contributed by atoms with Crippen LogP contribution in [0.4, 0.5) is 5.69 Å². The molecule has 6 heteroatoms. The minimum Gasteiger partial charge on any atom is -0.279 e. The summed E-state index contributed by atoms with van der Waals surface area (Å²) in [5.41, 5.74) is 3.77. The number of aryl methyl sites for hydroxylation is 4. The number of nitrogens with one attached hydrogen (secondary N) is 1. The van der Waals surface area contributed by atoms with Gasteiger partial charge in [0.2, 0.25) is 0 Å². The Morgan fingerprint density at radius 3 is 2.41 bits per heavy atom. The Balaban J connectivity index is 2.52. The van der Waals surface area contributed by atoms with Crippen LogP contribution in [0.2, 0.25) is 0 Å². The second-order valence-electron chi connectivity index (χ2n) is 5.38. The molecule has 2 aromatic rings. The number of sulfonamides is 1. The van der Waals surface area contributed by atoms with Crippen LogP contribution in [0.25, 0.3) is 0 Å². The van der Waals surface area contributed by atoms with E-state index in [4.69, 9.17) is 0 Å². The van der Waals surface area contributed by atoms with Crippen molar-refractivity contribution >= 4 is 15.7 Å². The predicted octanol–water partition coefficient (Wildman–Crippen LogP) is 3.19. The molecule has 1 aromatic carbocycles. The molecule has 1 heterocycles. The van der Waals surface area contributed by atoms with Gasteiger partial charge in [-0.15, -0.1) is 0 Å². The normalized spacial score (nSPS) is 11.7. The van der Waals surface area contributed by atoms with E-state index in [0.29, 0.717) is 23.6 Å². The van der Waals surface area contributed by atoms with Crippen LogP contribution in [-0.4, -0.2) is 18.2 Å². The second kappa shape index (κ2) is 6.12. The van der Waals surface area contributed by atoms with Gasteiger partial charge in [-0.1, -0.05) is 25.1 Å². The topological polar surface area (TPSA) is 64.0 Å². The molecule has 120 valence electrons. The fraction of sp³-hybridized carbons (Fsp3) is 0.438. The number of aromatic nitrogens is 2.